The molecule has 26 heavy (non-hydrogen) atoms. The van der Waals surface area contributed by atoms with Crippen LogP contribution in [0.2, 0.25) is 0 Å². The molecule has 138 valence electrons. The normalized spacial score (nSPS) is 18.2. The number of pyridine rings is 1. The molecule has 0 bridgehead atoms. The number of ketones is 1. The average Bonchev–Trinajstić information content (AvgIpc) is 3.08. The molecular formula is C21H25NO4. The minimum absolute atomic E-state index is 0.0106. The molecule has 0 aliphatic carbocycles. The van der Waals surface area contributed by atoms with Gasteiger partial charge in [0, 0.05) is 12.6 Å². The summed E-state index contributed by atoms with van der Waals surface area (Å²) in [6, 6.07) is 5.47. The van der Waals surface area contributed by atoms with Crippen LogP contribution in [0, 0.1) is 0 Å². The zero-order valence-electron chi connectivity index (χ0n) is 15.3. The Hall–Kier alpha value is -2.66. The van der Waals surface area contributed by atoms with Crippen molar-refractivity contribution in [2.75, 3.05) is 13.4 Å². The minimum atomic E-state index is -0.249. The van der Waals surface area contributed by atoms with E-state index >= 15 is 0 Å². The van der Waals surface area contributed by atoms with Gasteiger partial charge >= 0.3 is 0 Å². The second-order valence-corrected chi connectivity index (χ2v) is 5.72. The molecule has 1 atom stereocenters. The fourth-order valence-corrected chi connectivity index (χ4v) is 2.41. The molecule has 0 spiro atoms. The van der Waals surface area contributed by atoms with Crippen molar-refractivity contribution in [1.82, 2.24) is 4.98 Å². The molecule has 2 rings (SSSR count). The van der Waals surface area contributed by atoms with E-state index < -0.39 is 0 Å². The second kappa shape index (κ2) is 10.4. The first-order valence-corrected chi connectivity index (χ1v) is 8.66. The molecule has 1 aliphatic heterocycles. The number of ether oxygens (including phenoxy) is 3. The summed E-state index contributed by atoms with van der Waals surface area (Å²) < 4.78 is 16.0. The Morgan fingerprint density at radius 1 is 1.46 bits per heavy atom. The van der Waals surface area contributed by atoms with E-state index in [2.05, 4.69) is 11.6 Å². The van der Waals surface area contributed by atoms with Crippen LogP contribution in [-0.4, -0.2) is 30.3 Å². The van der Waals surface area contributed by atoms with Crippen LogP contribution in [0.4, 0.5) is 0 Å². The molecule has 0 aromatic carbocycles. The first-order chi connectivity index (χ1) is 12.7. The van der Waals surface area contributed by atoms with Gasteiger partial charge in [-0.05, 0) is 37.6 Å². The summed E-state index contributed by atoms with van der Waals surface area (Å²) in [7, 11) is 0. The zero-order chi connectivity index (χ0) is 18.8. The molecular weight excluding hydrogens is 330 g/mol. The lowest BCUT2D eigenvalue weighted by atomic mass is 10.00. The maximum Gasteiger partial charge on any atom is 0.189 e. The van der Waals surface area contributed by atoms with Crippen molar-refractivity contribution in [2.24, 2.45) is 0 Å². The molecule has 1 aliphatic rings. The highest BCUT2D eigenvalue weighted by molar-refractivity contribution is 6.20. The molecule has 5 nitrogen and oxygen atoms in total. The summed E-state index contributed by atoms with van der Waals surface area (Å²) in [6.07, 6.45) is 9.71. The van der Waals surface area contributed by atoms with Crippen LogP contribution in [0.5, 0.6) is 0 Å². The van der Waals surface area contributed by atoms with Crippen LogP contribution < -0.4 is 0 Å². The van der Waals surface area contributed by atoms with Gasteiger partial charge in [-0.2, -0.15) is 0 Å². The summed E-state index contributed by atoms with van der Waals surface area (Å²) >= 11 is 0. The van der Waals surface area contributed by atoms with Gasteiger partial charge in [0.2, 0.25) is 0 Å². The molecule has 1 fully saturated rings. The van der Waals surface area contributed by atoms with Gasteiger partial charge < -0.3 is 14.2 Å². The minimum Gasteiger partial charge on any atom is -0.496 e. The molecule has 0 amide bonds. The van der Waals surface area contributed by atoms with Crippen LogP contribution in [0.25, 0.3) is 5.57 Å². The van der Waals surface area contributed by atoms with E-state index in [1.165, 1.54) is 6.26 Å². The summed E-state index contributed by atoms with van der Waals surface area (Å²) in [6.45, 7) is 8.27. The highest BCUT2D eigenvalue weighted by Crippen LogP contribution is 2.19. The Balaban J connectivity index is 2.03. The number of Topliss-reactive ketones (excluding diaryl/α,β-unsaturated/α-hetero) is 1. The van der Waals surface area contributed by atoms with Crippen LogP contribution in [0.1, 0.15) is 32.4 Å². The quantitative estimate of drug-likeness (QED) is 0.288. The standard InChI is InChI=1S/C21H25NO4/c1-4-17(5-2)13-20(23)18(19-9-6-7-11-22-19)14-24-12-8-10-21-16(3)25-15-26-21/h4,6-11,14,21H,3,5,12-13,15H2,1-2H3/b10-8-,17-4+,18-14-. The smallest absolute Gasteiger partial charge is 0.189 e. The van der Waals surface area contributed by atoms with Gasteiger partial charge in [-0.15, -0.1) is 0 Å². The first-order valence-electron chi connectivity index (χ1n) is 8.66. The van der Waals surface area contributed by atoms with Crippen LogP contribution in [-0.2, 0) is 19.0 Å². The number of hydrogen-bond donors (Lipinski definition) is 0. The van der Waals surface area contributed by atoms with Gasteiger partial charge in [0.05, 0.1) is 17.5 Å². The van der Waals surface area contributed by atoms with E-state index in [0.29, 0.717) is 30.1 Å². The molecule has 2 heterocycles. The van der Waals surface area contributed by atoms with E-state index in [9.17, 15) is 4.79 Å². The van der Waals surface area contributed by atoms with E-state index in [4.69, 9.17) is 14.2 Å². The van der Waals surface area contributed by atoms with Crippen LogP contribution in [0.3, 0.4) is 0 Å². The van der Waals surface area contributed by atoms with Gasteiger partial charge in [0.15, 0.2) is 12.6 Å². The van der Waals surface area contributed by atoms with E-state index in [1.54, 1.807) is 12.3 Å². The lowest BCUT2D eigenvalue weighted by molar-refractivity contribution is -0.113. The second-order valence-electron chi connectivity index (χ2n) is 5.72. The molecule has 1 saturated heterocycles. The third-order valence-electron chi connectivity index (χ3n) is 4.01. The molecule has 0 saturated carbocycles. The molecule has 0 radical (unpaired) electrons. The van der Waals surface area contributed by atoms with Gasteiger partial charge in [0.25, 0.3) is 0 Å². The zero-order valence-corrected chi connectivity index (χ0v) is 15.3. The Morgan fingerprint density at radius 3 is 2.92 bits per heavy atom. The van der Waals surface area contributed by atoms with Crippen LogP contribution in [0.15, 0.2) is 66.8 Å². The fraction of sp³-hybridized carbons (Fsp3) is 0.333. The first kappa shape index (κ1) is 19.7. The van der Waals surface area contributed by atoms with Crippen molar-refractivity contribution in [3.63, 3.8) is 0 Å². The Kier molecular flexibility index (Phi) is 7.83. The molecule has 1 unspecified atom stereocenters. The SMILES string of the molecule is C=C1OCOC1/C=C\CO/C=C(\C(=O)C/C(=C/C)CC)c1ccccn1. The number of hydrogen-bond acceptors (Lipinski definition) is 5. The van der Waals surface area contributed by atoms with Crippen molar-refractivity contribution >= 4 is 11.4 Å². The monoisotopic (exact) mass is 355 g/mol. The van der Waals surface area contributed by atoms with Crippen molar-refractivity contribution in [1.29, 1.82) is 0 Å². The third kappa shape index (κ3) is 5.70. The highest BCUT2D eigenvalue weighted by Gasteiger charge is 2.18. The lowest BCUT2D eigenvalue weighted by Crippen LogP contribution is -2.06. The number of carbonyl (C=O) groups is 1. The van der Waals surface area contributed by atoms with Gasteiger partial charge in [-0.25, -0.2) is 0 Å². The van der Waals surface area contributed by atoms with Gasteiger partial charge in [0.1, 0.15) is 18.5 Å². The van der Waals surface area contributed by atoms with Crippen LogP contribution >= 0.6 is 0 Å². The number of aromatic nitrogens is 1. The highest BCUT2D eigenvalue weighted by atomic mass is 16.7. The topological polar surface area (TPSA) is 57.7 Å². The largest absolute Gasteiger partial charge is 0.496 e. The van der Waals surface area contributed by atoms with Crippen molar-refractivity contribution in [2.45, 2.75) is 32.8 Å². The van der Waals surface area contributed by atoms with Crippen molar-refractivity contribution in [3.05, 3.63) is 72.5 Å². The summed E-state index contributed by atoms with van der Waals surface area (Å²) in [4.78, 5) is 17.0. The summed E-state index contributed by atoms with van der Waals surface area (Å²) in [5.74, 6) is 0.572. The molecule has 1 aromatic rings. The Bertz CT molecular complexity index is 704. The Labute approximate surface area is 154 Å². The lowest BCUT2D eigenvalue weighted by Gasteiger charge is -2.08. The average molecular weight is 355 g/mol. The number of allylic oxidation sites excluding steroid dienone is 3. The molecule has 5 heteroatoms. The maximum absolute atomic E-state index is 12.7. The fourth-order valence-electron chi connectivity index (χ4n) is 2.41. The third-order valence-corrected chi connectivity index (χ3v) is 4.01. The predicted molar refractivity (Wildman–Crippen MR) is 101 cm³/mol. The van der Waals surface area contributed by atoms with Gasteiger partial charge in [-0.3, -0.25) is 9.78 Å². The molecule has 0 N–H and O–H groups in total. The van der Waals surface area contributed by atoms with E-state index in [0.717, 1.165) is 12.0 Å². The summed E-state index contributed by atoms with van der Waals surface area (Å²) in [5.41, 5.74) is 2.17. The number of rotatable bonds is 9. The van der Waals surface area contributed by atoms with Crippen molar-refractivity contribution in [3.8, 4) is 0 Å². The van der Waals surface area contributed by atoms with E-state index in [1.807, 2.05) is 44.2 Å². The van der Waals surface area contributed by atoms with E-state index in [-0.39, 0.29) is 18.7 Å². The predicted octanol–water partition coefficient (Wildman–Crippen LogP) is 4.20. The number of carbonyl (C=O) groups excluding carboxylic acids is 1. The number of nitrogens with zero attached hydrogens (tertiary/aromatic N) is 1. The van der Waals surface area contributed by atoms with Gasteiger partial charge in [-0.1, -0.05) is 31.2 Å². The Morgan fingerprint density at radius 2 is 2.31 bits per heavy atom. The summed E-state index contributed by atoms with van der Waals surface area (Å²) in [5, 5.41) is 0. The maximum atomic E-state index is 12.7. The van der Waals surface area contributed by atoms with Crippen molar-refractivity contribution < 1.29 is 19.0 Å². The molecule has 1 aromatic heterocycles.